The summed E-state index contributed by atoms with van der Waals surface area (Å²) in [5.41, 5.74) is 0. The van der Waals surface area contributed by atoms with E-state index in [1.165, 1.54) is 0 Å². The van der Waals surface area contributed by atoms with Crippen molar-refractivity contribution in [3.63, 3.8) is 0 Å². The zero-order valence-corrected chi connectivity index (χ0v) is 11.9. The van der Waals surface area contributed by atoms with Crippen molar-refractivity contribution < 1.29 is 19.8 Å². The van der Waals surface area contributed by atoms with Gasteiger partial charge in [0.25, 0.3) is 0 Å². The number of rotatable bonds is 2. The van der Waals surface area contributed by atoms with E-state index in [2.05, 4.69) is 5.32 Å². The van der Waals surface area contributed by atoms with Crippen LogP contribution in [0.1, 0.15) is 39.0 Å². The van der Waals surface area contributed by atoms with E-state index in [1.807, 2.05) is 6.92 Å². The van der Waals surface area contributed by atoms with Crippen LogP contribution < -0.4 is 5.32 Å². The van der Waals surface area contributed by atoms with Crippen LogP contribution in [0.15, 0.2) is 0 Å². The van der Waals surface area contributed by atoms with Gasteiger partial charge in [0.05, 0.1) is 12.0 Å². The van der Waals surface area contributed by atoms with Crippen LogP contribution >= 0.6 is 0 Å². The molecule has 4 atom stereocenters. The van der Waals surface area contributed by atoms with Crippen LogP contribution in [0.3, 0.4) is 0 Å². The standard InChI is InChI=1S/C14H24N2O4/c1-9-8-16(7-6-12(9)17)14(20)15-11-5-3-2-4-10(11)13(18)19/h9-12,17H,2-8H2,1H3,(H,15,20)(H,18,19). The Bertz CT molecular complexity index is 374. The van der Waals surface area contributed by atoms with Gasteiger partial charge in [0, 0.05) is 19.1 Å². The van der Waals surface area contributed by atoms with E-state index in [1.54, 1.807) is 4.90 Å². The van der Waals surface area contributed by atoms with Crippen molar-refractivity contribution in [3.8, 4) is 0 Å². The first-order chi connectivity index (χ1) is 9.49. The number of hydrogen-bond donors (Lipinski definition) is 3. The van der Waals surface area contributed by atoms with E-state index >= 15 is 0 Å². The second kappa shape index (κ2) is 6.43. The van der Waals surface area contributed by atoms with E-state index in [9.17, 15) is 19.8 Å². The number of carbonyl (C=O) groups is 2. The summed E-state index contributed by atoms with van der Waals surface area (Å²) in [4.78, 5) is 25.1. The highest BCUT2D eigenvalue weighted by Crippen LogP contribution is 2.25. The first kappa shape index (κ1) is 15.1. The lowest BCUT2D eigenvalue weighted by molar-refractivity contribution is -0.143. The summed E-state index contributed by atoms with van der Waals surface area (Å²) in [6.07, 6.45) is 3.48. The molecule has 1 saturated heterocycles. The SMILES string of the molecule is CC1CN(C(=O)NC2CCCCC2C(=O)O)CCC1O. The number of carboxylic acids is 1. The number of urea groups is 1. The van der Waals surface area contributed by atoms with Crippen molar-refractivity contribution in [2.45, 2.75) is 51.2 Å². The van der Waals surface area contributed by atoms with Crippen molar-refractivity contribution in [1.82, 2.24) is 10.2 Å². The van der Waals surface area contributed by atoms with E-state index in [-0.39, 0.29) is 24.1 Å². The second-order valence-electron chi connectivity index (χ2n) is 6.06. The van der Waals surface area contributed by atoms with E-state index in [0.717, 1.165) is 19.3 Å². The predicted molar refractivity (Wildman–Crippen MR) is 73.3 cm³/mol. The molecule has 0 radical (unpaired) electrons. The number of likely N-dealkylation sites (tertiary alicyclic amines) is 1. The molecule has 114 valence electrons. The summed E-state index contributed by atoms with van der Waals surface area (Å²) in [6.45, 7) is 2.98. The van der Waals surface area contributed by atoms with Crippen LogP contribution in [0.25, 0.3) is 0 Å². The van der Waals surface area contributed by atoms with E-state index < -0.39 is 11.9 Å². The average molecular weight is 284 g/mol. The number of hydrogen-bond acceptors (Lipinski definition) is 3. The monoisotopic (exact) mass is 284 g/mol. The molecule has 6 heteroatoms. The summed E-state index contributed by atoms with van der Waals surface area (Å²) in [7, 11) is 0. The highest BCUT2D eigenvalue weighted by molar-refractivity contribution is 5.77. The highest BCUT2D eigenvalue weighted by atomic mass is 16.4. The van der Waals surface area contributed by atoms with Crippen LogP contribution in [0.4, 0.5) is 4.79 Å². The zero-order chi connectivity index (χ0) is 14.7. The maximum atomic E-state index is 12.2. The van der Waals surface area contributed by atoms with Crippen LogP contribution in [-0.2, 0) is 4.79 Å². The van der Waals surface area contributed by atoms with Crippen molar-refractivity contribution in [2.24, 2.45) is 11.8 Å². The third-order valence-electron chi connectivity index (χ3n) is 4.54. The van der Waals surface area contributed by atoms with Crippen molar-refractivity contribution >= 4 is 12.0 Å². The second-order valence-corrected chi connectivity index (χ2v) is 6.06. The van der Waals surface area contributed by atoms with Gasteiger partial charge in [-0.3, -0.25) is 4.79 Å². The molecule has 2 aliphatic rings. The molecule has 1 saturated carbocycles. The molecule has 0 spiro atoms. The minimum Gasteiger partial charge on any atom is -0.481 e. The first-order valence-corrected chi connectivity index (χ1v) is 7.45. The molecule has 0 aromatic rings. The molecule has 0 aromatic carbocycles. The maximum Gasteiger partial charge on any atom is 0.317 e. The lowest BCUT2D eigenvalue weighted by Crippen LogP contribution is -2.53. The molecule has 20 heavy (non-hydrogen) atoms. The van der Waals surface area contributed by atoms with Crippen LogP contribution in [-0.4, -0.2) is 52.3 Å². The lowest BCUT2D eigenvalue weighted by atomic mass is 9.84. The molecule has 1 aliphatic heterocycles. The van der Waals surface area contributed by atoms with Crippen LogP contribution in [0, 0.1) is 11.8 Å². The lowest BCUT2D eigenvalue weighted by Gasteiger charge is -2.37. The number of carbonyl (C=O) groups excluding carboxylic acids is 1. The fourth-order valence-electron chi connectivity index (χ4n) is 3.17. The summed E-state index contributed by atoms with van der Waals surface area (Å²) >= 11 is 0. The topological polar surface area (TPSA) is 89.9 Å². The smallest absolute Gasteiger partial charge is 0.317 e. The Hall–Kier alpha value is -1.30. The van der Waals surface area contributed by atoms with Gasteiger partial charge in [-0.1, -0.05) is 19.8 Å². The molecule has 2 amide bonds. The van der Waals surface area contributed by atoms with Gasteiger partial charge in [-0.15, -0.1) is 0 Å². The zero-order valence-electron chi connectivity index (χ0n) is 11.9. The van der Waals surface area contributed by atoms with Gasteiger partial charge >= 0.3 is 12.0 Å². The number of carboxylic acid groups (broad SMARTS) is 1. The Balaban J connectivity index is 1.91. The molecular formula is C14H24N2O4. The largest absolute Gasteiger partial charge is 0.481 e. The molecular weight excluding hydrogens is 260 g/mol. The molecule has 1 heterocycles. The quantitative estimate of drug-likeness (QED) is 0.707. The van der Waals surface area contributed by atoms with Gasteiger partial charge in [0.2, 0.25) is 0 Å². The molecule has 1 aliphatic carbocycles. The number of nitrogens with zero attached hydrogens (tertiary/aromatic N) is 1. The van der Waals surface area contributed by atoms with Crippen molar-refractivity contribution in [3.05, 3.63) is 0 Å². The Kier molecular flexibility index (Phi) is 4.86. The molecule has 3 N–H and O–H groups in total. The maximum absolute atomic E-state index is 12.2. The molecule has 4 unspecified atom stereocenters. The third kappa shape index (κ3) is 3.42. The van der Waals surface area contributed by atoms with E-state index in [4.69, 9.17) is 0 Å². The molecule has 2 rings (SSSR count). The minimum atomic E-state index is -0.822. The van der Waals surface area contributed by atoms with Gasteiger partial charge in [0.15, 0.2) is 0 Å². The fraction of sp³-hybridized carbons (Fsp3) is 0.857. The minimum absolute atomic E-state index is 0.0659. The number of piperidine rings is 1. The predicted octanol–water partition coefficient (Wildman–Crippen LogP) is 1.04. The van der Waals surface area contributed by atoms with Gasteiger partial charge in [-0.2, -0.15) is 0 Å². The number of aliphatic carboxylic acids is 1. The highest BCUT2D eigenvalue weighted by Gasteiger charge is 2.34. The number of nitrogens with one attached hydrogen (secondary N) is 1. The molecule has 6 nitrogen and oxygen atoms in total. The van der Waals surface area contributed by atoms with Crippen molar-refractivity contribution in [2.75, 3.05) is 13.1 Å². The number of aliphatic hydroxyl groups is 1. The number of amides is 2. The fourth-order valence-corrected chi connectivity index (χ4v) is 3.17. The van der Waals surface area contributed by atoms with E-state index in [0.29, 0.717) is 25.9 Å². The van der Waals surface area contributed by atoms with Crippen molar-refractivity contribution in [1.29, 1.82) is 0 Å². The summed E-state index contributed by atoms with van der Waals surface area (Å²) in [6, 6.07) is -0.460. The van der Waals surface area contributed by atoms with Gasteiger partial charge in [-0.05, 0) is 25.2 Å². The summed E-state index contributed by atoms with van der Waals surface area (Å²) in [5, 5.41) is 21.8. The normalized spacial score (nSPS) is 34.6. The molecule has 2 fully saturated rings. The summed E-state index contributed by atoms with van der Waals surface area (Å²) in [5.74, 6) is -1.23. The van der Waals surface area contributed by atoms with Gasteiger partial charge in [0.1, 0.15) is 0 Å². The molecule has 0 aromatic heterocycles. The first-order valence-electron chi connectivity index (χ1n) is 7.45. The Morgan fingerprint density at radius 2 is 1.90 bits per heavy atom. The Labute approximate surface area is 119 Å². The molecule has 0 bridgehead atoms. The Morgan fingerprint density at radius 3 is 2.55 bits per heavy atom. The van der Waals surface area contributed by atoms with Crippen LogP contribution in [0.2, 0.25) is 0 Å². The van der Waals surface area contributed by atoms with Crippen LogP contribution in [0.5, 0.6) is 0 Å². The summed E-state index contributed by atoms with van der Waals surface area (Å²) < 4.78 is 0. The average Bonchev–Trinajstić information content (AvgIpc) is 2.42. The Morgan fingerprint density at radius 1 is 1.20 bits per heavy atom. The number of aliphatic hydroxyl groups excluding tert-OH is 1. The van der Waals surface area contributed by atoms with Gasteiger partial charge < -0.3 is 20.4 Å². The van der Waals surface area contributed by atoms with Gasteiger partial charge in [-0.25, -0.2) is 4.79 Å². The third-order valence-corrected chi connectivity index (χ3v) is 4.54.